The second-order valence-corrected chi connectivity index (χ2v) is 5.32. The van der Waals surface area contributed by atoms with Gasteiger partial charge in [0.15, 0.2) is 17.3 Å². The summed E-state index contributed by atoms with van der Waals surface area (Å²) in [6.45, 7) is 0.578. The van der Waals surface area contributed by atoms with Crippen LogP contribution in [0.3, 0.4) is 0 Å². The van der Waals surface area contributed by atoms with Crippen LogP contribution in [-0.2, 0) is 13.7 Å². The van der Waals surface area contributed by atoms with Crippen molar-refractivity contribution in [3.63, 3.8) is 0 Å². The van der Waals surface area contributed by atoms with Crippen LogP contribution in [0.5, 0.6) is 17.4 Å². The zero-order valence-corrected chi connectivity index (χ0v) is 13.0. The first-order valence-corrected chi connectivity index (χ1v) is 7.32. The topological polar surface area (TPSA) is 97.3 Å². The van der Waals surface area contributed by atoms with Crippen LogP contribution in [-0.4, -0.2) is 26.5 Å². The van der Waals surface area contributed by atoms with E-state index in [1.807, 2.05) is 31.4 Å². The van der Waals surface area contributed by atoms with E-state index < -0.39 is 0 Å². The molecule has 0 spiro atoms. The number of aromatic nitrogens is 4. The summed E-state index contributed by atoms with van der Waals surface area (Å²) in [4.78, 5) is 8.57. The molecule has 0 radical (unpaired) electrons. The average molecular weight is 325 g/mol. The monoisotopic (exact) mass is 325 g/mol. The molecule has 0 atom stereocenters. The number of rotatable bonds is 4. The number of nitrogens with two attached hydrogens (primary N) is 1. The first kappa shape index (κ1) is 14.3. The van der Waals surface area contributed by atoms with Gasteiger partial charge in [-0.15, -0.1) is 0 Å². The summed E-state index contributed by atoms with van der Waals surface area (Å²) in [5.41, 5.74) is 8.31. The molecule has 0 saturated carbocycles. The van der Waals surface area contributed by atoms with E-state index >= 15 is 0 Å². The lowest BCUT2D eigenvalue weighted by Crippen LogP contribution is -2.02. The van der Waals surface area contributed by atoms with E-state index in [-0.39, 0.29) is 6.79 Å². The molecule has 8 heteroatoms. The Labute approximate surface area is 137 Å². The van der Waals surface area contributed by atoms with Gasteiger partial charge in [0.2, 0.25) is 12.7 Å². The number of anilines is 1. The molecule has 3 aromatic rings. The highest BCUT2D eigenvalue weighted by molar-refractivity contribution is 5.68. The van der Waals surface area contributed by atoms with E-state index in [2.05, 4.69) is 15.1 Å². The smallest absolute Gasteiger partial charge is 0.234 e. The highest BCUT2D eigenvalue weighted by atomic mass is 16.7. The summed E-state index contributed by atoms with van der Waals surface area (Å²) >= 11 is 0. The Balaban J connectivity index is 1.48. The molecule has 0 fully saturated rings. The van der Waals surface area contributed by atoms with Gasteiger partial charge in [0.1, 0.15) is 12.3 Å². The molecule has 122 valence electrons. The third kappa shape index (κ3) is 2.69. The molecule has 1 aliphatic heterocycles. The van der Waals surface area contributed by atoms with Crippen molar-refractivity contribution in [3.05, 3.63) is 42.4 Å². The molecule has 1 aromatic carbocycles. The number of nitrogen functional groups attached to an aromatic ring is 1. The van der Waals surface area contributed by atoms with E-state index in [1.54, 1.807) is 17.1 Å². The van der Waals surface area contributed by atoms with E-state index in [1.165, 1.54) is 0 Å². The average Bonchev–Trinajstić information content (AvgIpc) is 3.21. The zero-order chi connectivity index (χ0) is 16.5. The Morgan fingerprint density at radius 3 is 2.92 bits per heavy atom. The van der Waals surface area contributed by atoms with Crippen LogP contribution in [0.1, 0.15) is 5.56 Å². The van der Waals surface area contributed by atoms with Gasteiger partial charge < -0.3 is 19.9 Å². The predicted octanol–water partition coefficient (Wildman–Crippen LogP) is 1.77. The molecule has 0 aliphatic carbocycles. The van der Waals surface area contributed by atoms with Gasteiger partial charge in [0.05, 0.1) is 12.4 Å². The van der Waals surface area contributed by atoms with Gasteiger partial charge in [-0.05, 0) is 17.7 Å². The van der Waals surface area contributed by atoms with Crippen LogP contribution in [0, 0.1) is 0 Å². The first-order chi connectivity index (χ1) is 11.7. The van der Waals surface area contributed by atoms with Crippen LogP contribution in [0.2, 0.25) is 0 Å². The molecule has 3 heterocycles. The molecule has 0 bridgehead atoms. The van der Waals surface area contributed by atoms with Crippen LogP contribution in [0.4, 0.5) is 5.82 Å². The number of aryl methyl sites for hydroxylation is 1. The predicted molar refractivity (Wildman–Crippen MR) is 85.5 cm³/mol. The number of hydrogen-bond acceptors (Lipinski definition) is 7. The summed E-state index contributed by atoms with van der Waals surface area (Å²) in [5, 5.41) is 4.10. The van der Waals surface area contributed by atoms with Crippen LogP contribution in [0.15, 0.2) is 36.8 Å². The van der Waals surface area contributed by atoms with Gasteiger partial charge in [-0.2, -0.15) is 10.1 Å². The highest BCUT2D eigenvalue weighted by Gasteiger charge is 2.14. The summed E-state index contributed by atoms with van der Waals surface area (Å²) in [5.74, 6) is 2.11. The number of benzene rings is 1. The Bertz CT molecular complexity index is 893. The van der Waals surface area contributed by atoms with Crippen molar-refractivity contribution >= 4 is 5.82 Å². The molecule has 1 aliphatic rings. The molecule has 4 rings (SSSR count). The lowest BCUT2D eigenvalue weighted by atomic mass is 10.2. The Hall–Kier alpha value is -3.29. The SMILES string of the molecule is Cn1cc(-c2ncc(OCc3ccc4c(c3)OCO4)nc2N)cn1. The highest BCUT2D eigenvalue weighted by Crippen LogP contribution is 2.32. The second kappa shape index (κ2) is 5.73. The maximum Gasteiger partial charge on any atom is 0.234 e. The quantitative estimate of drug-likeness (QED) is 0.780. The zero-order valence-electron chi connectivity index (χ0n) is 13.0. The second-order valence-electron chi connectivity index (χ2n) is 5.32. The van der Waals surface area contributed by atoms with Gasteiger partial charge in [-0.1, -0.05) is 6.07 Å². The van der Waals surface area contributed by atoms with Gasteiger partial charge in [0.25, 0.3) is 0 Å². The van der Waals surface area contributed by atoms with Crippen molar-refractivity contribution in [2.45, 2.75) is 6.61 Å². The summed E-state index contributed by atoms with van der Waals surface area (Å²) in [6.07, 6.45) is 5.06. The molecule has 8 nitrogen and oxygen atoms in total. The third-order valence-corrected chi connectivity index (χ3v) is 3.58. The van der Waals surface area contributed by atoms with Crippen molar-refractivity contribution in [2.75, 3.05) is 12.5 Å². The molecule has 0 unspecified atom stereocenters. The van der Waals surface area contributed by atoms with Crippen LogP contribution in [0.25, 0.3) is 11.3 Å². The summed E-state index contributed by atoms with van der Waals surface area (Å²) in [7, 11) is 1.83. The fourth-order valence-electron chi connectivity index (χ4n) is 2.41. The lowest BCUT2D eigenvalue weighted by Gasteiger charge is -2.08. The van der Waals surface area contributed by atoms with Gasteiger partial charge in [-0.25, -0.2) is 4.98 Å². The fraction of sp³-hybridized carbons (Fsp3) is 0.188. The number of hydrogen-bond donors (Lipinski definition) is 1. The molecule has 0 saturated heterocycles. The van der Waals surface area contributed by atoms with Crippen molar-refractivity contribution in [1.82, 2.24) is 19.7 Å². The minimum atomic E-state index is 0.247. The van der Waals surface area contributed by atoms with Crippen molar-refractivity contribution in [2.24, 2.45) is 7.05 Å². The lowest BCUT2D eigenvalue weighted by molar-refractivity contribution is 0.174. The number of fused-ring (bicyclic) bond motifs is 1. The standard InChI is InChI=1S/C16H15N5O3/c1-21-7-11(5-19-21)15-16(17)20-14(6-18-15)22-8-10-2-3-12-13(4-10)24-9-23-12/h2-7H,8-9H2,1H3,(H2,17,20). The molecular weight excluding hydrogens is 310 g/mol. The van der Waals surface area contributed by atoms with Gasteiger partial charge >= 0.3 is 0 Å². The molecule has 0 amide bonds. The van der Waals surface area contributed by atoms with E-state index in [0.717, 1.165) is 16.9 Å². The van der Waals surface area contributed by atoms with E-state index in [0.29, 0.717) is 29.7 Å². The summed E-state index contributed by atoms with van der Waals surface area (Å²) < 4.78 is 18.0. The number of nitrogens with zero attached hydrogens (tertiary/aromatic N) is 4. The van der Waals surface area contributed by atoms with Crippen LogP contribution < -0.4 is 19.9 Å². The first-order valence-electron chi connectivity index (χ1n) is 7.32. The normalized spacial score (nSPS) is 12.4. The minimum Gasteiger partial charge on any atom is -0.472 e. The fourth-order valence-corrected chi connectivity index (χ4v) is 2.41. The Morgan fingerprint density at radius 2 is 2.12 bits per heavy atom. The van der Waals surface area contributed by atoms with E-state index in [4.69, 9.17) is 19.9 Å². The maximum atomic E-state index is 5.98. The van der Waals surface area contributed by atoms with Crippen molar-refractivity contribution in [1.29, 1.82) is 0 Å². The minimum absolute atomic E-state index is 0.247. The maximum absolute atomic E-state index is 5.98. The van der Waals surface area contributed by atoms with Crippen molar-refractivity contribution < 1.29 is 14.2 Å². The summed E-state index contributed by atoms with van der Waals surface area (Å²) in [6, 6.07) is 5.64. The third-order valence-electron chi connectivity index (χ3n) is 3.58. The molecule has 24 heavy (non-hydrogen) atoms. The molecule has 2 N–H and O–H groups in total. The van der Waals surface area contributed by atoms with Crippen LogP contribution >= 0.6 is 0 Å². The van der Waals surface area contributed by atoms with E-state index in [9.17, 15) is 0 Å². The molecule has 2 aromatic heterocycles. The van der Waals surface area contributed by atoms with Gasteiger partial charge in [0, 0.05) is 18.8 Å². The molecular formula is C16H15N5O3. The largest absolute Gasteiger partial charge is 0.472 e. The Morgan fingerprint density at radius 1 is 1.25 bits per heavy atom. The van der Waals surface area contributed by atoms with Crippen molar-refractivity contribution in [3.8, 4) is 28.6 Å². The van der Waals surface area contributed by atoms with Gasteiger partial charge in [-0.3, -0.25) is 4.68 Å². The number of ether oxygens (including phenoxy) is 3. The Kier molecular flexibility index (Phi) is 3.42.